The van der Waals surface area contributed by atoms with E-state index in [9.17, 15) is 14.7 Å². The molecule has 0 amide bonds. The van der Waals surface area contributed by atoms with Crippen LogP contribution in [0.25, 0.3) is 27.5 Å². The van der Waals surface area contributed by atoms with Crippen LogP contribution in [0.4, 0.5) is 5.69 Å². The largest absolute Gasteiger partial charge is 0.493 e. The molecule has 0 spiro atoms. The second-order valence-electron chi connectivity index (χ2n) is 7.71. The van der Waals surface area contributed by atoms with Gasteiger partial charge in [0.05, 0.1) is 22.4 Å². The normalized spacial score (nSPS) is 11.6. The number of aliphatic imine (C=N–C) groups is 1. The molecule has 0 radical (unpaired) electrons. The number of nitrogens with one attached hydrogen (secondary N) is 1. The number of pyridine rings is 1. The van der Waals surface area contributed by atoms with Crippen molar-refractivity contribution in [2.75, 3.05) is 0 Å². The standard InChI is InChI=1S/C26H19BrN4O3/c1-2-15-13-16(27)11-12-22(15)31-25(33)19(24(32)30-26(31)34)14-28-23-17-7-3-5-9-20(17)29-21-10-6-4-8-18(21)23/h3-14,33H,2H2,1H3,(H,30,32,34). The van der Waals surface area contributed by atoms with Crippen molar-refractivity contribution >= 4 is 49.6 Å². The van der Waals surface area contributed by atoms with Crippen LogP contribution in [0.15, 0.2) is 85.8 Å². The average Bonchev–Trinajstić information content (AvgIpc) is 2.83. The van der Waals surface area contributed by atoms with Crippen LogP contribution in [0, 0.1) is 0 Å². The zero-order chi connectivity index (χ0) is 23.8. The van der Waals surface area contributed by atoms with Crippen LogP contribution in [-0.4, -0.2) is 25.9 Å². The first-order chi connectivity index (χ1) is 16.5. The number of aromatic nitrogens is 3. The molecule has 0 fully saturated rings. The summed E-state index contributed by atoms with van der Waals surface area (Å²) in [4.78, 5) is 36.9. The van der Waals surface area contributed by atoms with Gasteiger partial charge in [0.2, 0.25) is 5.88 Å². The lowest BCUT2D eigenvalue weighted by Gasteiger charge is -2.13. The molecule has 168 valence electrons. The summed E-state index contributed by atoms with van der Waals surface area (Å²) < 4.78 is 1.94. The molecule has 5 aromatic rings. The first-order valence-corrected chi connectivity index (χ1v) is 11.5. The molecule has 2 N–H and O–H groups in total. The van der Waals surface area contributed by atoms with Gasteiger partial charge in [0.1, 0.15) is 5.56 Å². The summed E-state index contributed by atoms with van der Waals surface area (Å²) in [6.07, 6.45) is 1.92. The fraction of sp³-hybridized carbons (Fsp3) is 0.0769. The van der Waals surface area contributed by atoms with Gasteiger partial charge in [-0.2, -0.15) is 0 Å². The molecule has 0 unspecified atom stereocenters. The van der Waals surface area contributed by atoms with Gasteiger partial charge in [-0.1, -0.05) is 59.3 Å². The number of H-pyrrole nitrogens is 1. The van der Waals surface area contributed by atoms with E-state index < -0.39 is 17.1 Å². The summed E-state index contributed by atoms with van der Waals surface area (Å²) in [5.74, 6) is -0.475. The molecule has 0 aliphatic heterocycles. The number of para-hydroxylation sites is 2. The zero-order valence-electron chi connectivity index (χ0n) is 18.1. The summed E-state index contributed by atoms with van der Waals surface area (Å²) in [5.41, 5.74) is 1.89. The third kappa shape index (κ3) is 3.72. The first-order valence-electron chi connectivity index (χ1n) is 10.7. The van der Waals surface area contributed by atoms with Gasteiger partial charge in [0.25, 0.3) is 5.56 Å². The minimum atomic E-state index is -0.725. The number of aromatic amines is 1. The first kappa shape index (κ1) is 21.8. The predicted molar refractivity (Wildman–Crippen MR) is 138 cm³/mol. The molecule has 7 nitrogen and oxygen atoms in total. The van der Waals surface area contributed by atoms with Gasteiger partial charge in [-0.05, 0) is 42.3 Å². The van der Waals surface area contributed by atoms with Gasteiger partial charge in [0, 0.05) is 21.5 Å². The van der Waals surface area contributed by atoms with Crippen molar-refractivity contribution in [2.24, 2.45) is 4.99 Å². The van der Waals surface area contributed by atoms with E-state index in [1.54, 1.807) is 12.1 Å². The summed E-state index contributed by atoms with van der Waals surface area (Å²) in [6.45, 7) is 1.95. The summed E-state index contributed by atoms with van der Waals surface area (Å²) >= 11 is 3.43. The zero-order valence-corrected chi connectivity index (χ0v) is 19.7. The highest BCUT2D eigenvalue weighted by molar-refractivity contribution is 9.10. The monoisotopic (exact) mass is 514 g/mol. The van der Waals surface area contributed by atoms with Crippen molar-refractivity contribution in [2.45, 2.75) is 13.3 Å². The third-order valence-electron chi connectivity index (χ3n) is 5.67. The lowest BCUT2D eigenvalue weighted by molar-refractivity contribution is 0.429. The molecule has 0 aliphatic rings. The highest BCUT2D eigenvalue weighted by atomic mass is 79.9. The minimum absolute atomic E-state index is 0.116. The van der Waals surface area contributed by atoms with E-state index in [1.165, 1.54) is 6.21 Å². The molecule has 3 aromatic carbocycles. The van der Waals surface area contributed by atoms with E-state index in [-0.39, 0.29) is 5.56 Å². The molecule has 0 saturated heterocycles. The van der Waals surface area contributed by atoms with Gasteiger partial charge >= 0.3 is 5.69 Å². The van der Waals surface area contributed by atoms with Crippen molar-refractivity contribution in [1.82, 2.24) is 14.5 Å². The van der Waals surface area contributed by atoms with Gasteiger partial charge in [-0.25, -0.2) is 14.3 Å². The molecule has 0 atom stereocenters. The Labute approximate surface area is 202 Å². The summed E-state index contributed by atoms with van der Waals surface area (Å²) in [6, 6.07) is 20.5. The predicted octanol–water partition coefficient (Wildman–Crippen LogP) is 5.01. The van der Waals surface area contributed by atoms with Crippen LogP contribution < -0.4 is 11.2 Å². The molecule has 0 bridgehead atoms. The topological polar surface area (TPSA) is 100 Å². The number of benzene rings is 3. The maximum Gasteiger partial charge on any atom is 0.335 e. The Hall–Kier alpha value is -4.04. The molecule has 5 rings (SSSR count). The fourth-order valence-corrected chi connectivity index (χ4v) is 4.43. The van der Waals surface area contributed by atoms with E-state index in [1.807, 2.05) is 61.5 Å². The van der Waals surface area contributed by atoms with Crippen molar-refractivity contribution in [1.29, 1.82) is 0 Å². The Kier molecular flexibility index (Phi) is 5.59. The van der Waals surface area contributed by atoms with E-state index >= 15 is 0 Å². The number of halogens is 1. The number of nitrogens with zero attached hydrogens (tertiary/aromatic N) is 3. The van der Waals surface area contributed by atoms with Crippen LogP contribution in [-0.2, 0) is 6.42 Å². The molecular formula is C26H19BrN4O3. The number of hydrogen-bond acceptors (Lipinski definition) is 5. The second kappa shape index (κ2) is 8.72. The van der Waals surface area contributed by atoms with Crippen LogP contribution in [0.5, 0.6) is 5.88 Å². The lowest BCUT2D eigenvalue weighted by Crippen LogP contribution is -2.31. The molecule has 2 heterocycles. The van der Waals surface area contributed by atoms with Crippen LogP contribution in [0.1, 0.15) is 18.1 Å². The quantitative estimate of drug-likeness (QED) is 0.260. The molecule has 34 heavy (non-hydrogen) atoms. The minimum Gasteiger partial charge on any atom is -0.493 e. The maximum absolute atomic E-state index is 12.7. The van der Waals surface area contributed by atoms with Gasteiger partial charge in [-0.15, -0.1) is 0 Å². The molecule has 2 aromatic heterocycles. The van der Waals surface area contributed by atoms with Gasteiger partial charge < -0.3 is 5.11 Å². The van der Waals surface area contributed by atoms with Crippen molar-refractivity contribution in [3.05, 3.63) is 103 Å². The highest BCUT2D eigenvalue weighted by Gasteiger charge is 2.17. The molecule has 0 saturated carbocycles. The number of hydrogen-bond donors (Lipinski definition) is 2. The Bertz CT molecular complexity index is 1670. The number of aromatic hydroxyl groups is 1. The average molecular weight is 515 g/mol. The van der Waals surface area contributed by atoms with Crippen molar-refractivity contribution in [3.63, 3.8) is 0 Å². The van der Waals surface area contributed by atoms with E-state index in [2.05, 4.69) is 30.9 Å². The van der Waals surface area contributed by atoms with Crippen molar-refractivity contribution in [3.8, 4) is 11.6 Å². The molecular weight excluding hydrogens is 496 g/mol. The lowest BCUT2D eigenvalue weighted by atomic mass is 10.1. The SMILES string of the molecule is CCc1cc(Br)ccc1-n1c(O)c(C=Nc2c3ccccc3nc3ccccc23)c(=O)[nH]c1=O. The number of fused-ring (bicyclic) bond motifs is 2. The molecule has 0 aliphatic carbocycles. The Morgan fingerprint density at radius 1 is 1.03 bits per heavy atom. The fourth-order valence-electron chi connectivity index (χ4n) is 4.02. The number of rotatable bonds is 4. The maximum atomic E-state index is 12.7. The van der Waals surface area contributed by atoms with Crippen LogP contribution >= 0.6 is 15.9 Å². The van der Waals surface area contributed by atoms with Gasteiger partial charge in [0.15, 0.2) is 0 Å². The Balaban J connectivity index is 1.74. The molecule has 8 heteroatoms. The smallest absolute Gasteiger partial charge is 0.335 e. The third-order valence-corrected chi connectivity index (χ3v) is 6.16. The summed E-state index contributed by atoms with van der Waals surface area (Å²) in [7, 11) is 0. The van der Waals surface area contributed by atoms with Crippen molar-refractivity contribution < 1.29 is 5.11 Å². The van der Waals surface area contributed by atoms with E-state index in [4.69, 9.17) is 0 Å². The van der Waals surface area contributed by atoms with Gasteiger partial charge in [-0.3, -0.25) is 14.8 Å². The number of aryl methyl sites for hydroxylation is 1. The Morgan fingerprint density at radius 3 is 2.32 bits per heavy atom. The van der Waals surface area contributed by atoms with Crippen LogP contribution in [0.3, 0.4) is 0 Å². The highest BCUT2D eigenvalue weighted by Crippen LogP contribution is 2.33. The van der Waals surface area contributed by atoms with Crippen LogP contribution in [0.2, 0.25) is 0 Å². The summed E-state index contributed by atoms with van der Waals surface area (Å²) in [5, 5.41) is 12.6. The Morgan fingerprint density at radius 2 is 1.68 bits per heavy atom. The second-order valence-corrected chi connectivity index (χ2v) is 8.63. The van der Waals surface area contributed by atoms with E-state index in [0.29, 0.717) is 17.8 Å². The van der Waals surface area contributed by atoms with E-state index in [0.717, 1.165) is 36.4 Å².